The van der Waals surface area contributed by atoms with Crippen molar-refractivity contribution < 1.29 is 23.4 Å². The summed E-state index contributed by atoms with van der Waals surface area (Å²) in [7, 11) is 1.58. The number of para-hydroxylation sites is 1. The first kappa shape index (κ1) is 26.1. The summed E-state index contributed by atoms with van der Waals surface area (Å²) in [5, 5.41) is 17.6. The van der Waals surface area contributed by atoms with Crippen LogP contribution in [0.1, 0.15) is 16.8 Å². The number of ether oxygens (including phenoxy) is 2. The third kappa shape index (κ3) is 5.69. The number of nitrogens with one attached hydrogen (secondary N) is 1. The molecule has 2 aromatic carbocycles. The average Bonchev–Trinajstić information content (AvgIpc) is 3.29. The predicted molar refractivity (Wildman–Crippen MR) is 142 cm³/mol. The van der Waals surface area contributed by atoms with E-state index >= 15 is 0 Å². The van der Waals surface area contributed by atoms with E-state index in [0.29, 0.717) is 28.5 Å². The van der Waals surface area contributed by atoms with Gasteiger partial charge in [0.1, 0.15) is 35.5 Å². The number of aryl methyl sites for hydroxylation is 1. The van der Waals surface area contributed by atoms with Crippen LogP contribution in [-0.4, -0.2) is 50.2 Å². The fourth-order valence-electron chi connectivity index (χ4n) is 4.18. The van der Waals surface area contributed by atoms with E-state index < -0.39 is 11.6 Å². The minimum Gasteiger partial charge on any atom is -0.491 e. The Morgan fingerprint density at radius 1 is 1.05 bits per heavy atom. The molecule has 0 saturated carbocycles. The normalized spacial score (nSPS) is 11.2. The molecule has 0 saturated heterocycles. The minimum atomic E-state index is -0.776. The number of hydrogen-bond donors (Lipinski definition) is 2. The number of aliphatic hydroxyl groups excluding tert-OH is 1. The molecular weight excluding hydrogens is 506 g/mol. The number of aromatic nitrogens is 5. The Bertz CT molecular complexity index is 1600. The molecule has 5 aromatic rings. The maximum absolute atomic E-state index is 14.9. The molecule has 200 valence electrons. The first-order chi connectivity index (χ1) is 19.0. The van der Waals surface area contributed by atoms with Crippen LogP contribution in [0.25, 0.3) is 22.4 Å². The van der Waals surface area contributed by atoms with Crippen LogP contribution < -0.4 is 10.1 Å². The van der Waals surface area contributed by atoms with Crippen molar-refractivity contribution in [2.24, 2.45) is 0 Å². The Balaban J connectivity index is 1.56. The van der Waals surface area contributed by atoms with E-state index in [1.54, 1.807) is 25.6 Å². The Hall–Kier alpha value is -4.48. The number of hydrogen-bond acceptors (Lipinski definition) is 8. The van der Waals surface area contributed by atoms with Gasteiger partial charge in [-0.1, -0.05) is 18.2 Å². The van der Waals surface area contributed by atoms with Gasteiger partial charge in [-0.3, -0.25) is 9.67 Å². The number of nitrogens with zero attached hydrogens (tertiary/aromatic N) is 5. The van der Waals surface area contributed by atoms with Crippen LogP contribution in [0, 0.1) is 18.6 Å². The monoisotopic (exact) mass is 532 g/mol. The number of methoxy groups -OCH3 is 1. The van der Waals surface area contributed by atoms with E-state index in [-0.39, 0.29) is 37.7 Å². The molecule has 0 aliphatic carbocycles. The standard InChI is InChI=1S/C28H26F2N6O3/c1-17-14-31-8-7-24(17)33-26-11-18(16-38-2)32-28(34-26)27-20-5-3-4-6-25(20)36(35-27)15-21-22(29)12-19(13-23(21)30)39-10-9-37/h3-8,11-14,37H,9-10,15-16H2,1-2H3,(H,31,32,33,34). The summed E-state index contributed by atoms with van der Waals surface area (Å²) >= 11 is 0. The van der Waals surface area contributed by atoms with Crippen LogP contribution in [-0.2, 0) is 17.9 Å². The van der Waals surface area contributed by atoms with Crippen molar-refractivity contribution in [3.05, 3.63) is 89.4 Å². The summed E-state index contributed by atoms with van der Waals surface area (Å²) in [5.74, 6) is -0.678. The Kier molecular flexibility index (Phi) is 7.71. The van der Waals surface area contributed by atoms with Crippen molar-refractivity contribution in [2.75, 3.05) is 25.6 Å². The van der Waals surface area contributed by atoms with E-state index in [4.69, 9.17) is 24.7 Å². The molecule has 0 spiro atoms. The summed E-state index contributed by atoms with van der Waals surface area (Å²) in [4.78, 5) is 13.5. The molecule has 3 heterocycles. The first-order valence-corrected chi connectivity index (χ1v) is 12.2. The Labute approximate surface area is 223 Å². The fourth-order valence-corrected chi connectivity index (χ4v) is 4.18. The van der Waals surface area contributed by atoms with Gasteiger partial charge >= 0.3 is 0 Å². The topological polar surface area (TPSA) is 107 Å². The van der Waals surface area contributed by atoms with Crippen molar-refractivity contribution in [2.45, 2.75) is 20.1 Å². The van der Waals surface area contributed by atoms with E-state index in [2.05, 4.69) is 15.3 Å². The zero-order valence-corrected chi connectivity index (χ0v) is 21.4. The molecule has 0 aliphatic rings. The van der Waals surface area contributed by atoms with Crippen molar-refractivity contribution in [1.82, 2.24) is 24.7 Å². The number of halogens is 2. The fraction of sp³-hybridized carbons (Fsp3) is 0.214. The van der Waals surface area contributed by atoms with E-state index in [0.717, 1.165) is 28.8 Å². The molecule has 0 aliphatic heterocycles. The molecule has 3 aromatic heterocycles. The Morgan fingerprint density at radius 3 is 2.59 bits per heavy atom. The highest BCUT2D eigenvalue weighted by atomic mass is 19.1. The molecular formula is C28H26F2N6O3. The average molecular weight is 533 g/mol. The van der Waals surface area contributed by atoms with Crippen LogP contribution in [0.5, 0.6) is 5.75 Å². The van der Waals surface area contributed by atoms with Crippen molar-refractivity contribution in [3.63, 3.8) is 0 Å². The van der Waals surface area contributed by atoms with Crippen LogP contribution in [0.2, 0.25) is 0 Å². The van der Waals surface area contributed by atoms with Gasteiger partial charge in [-0.15, -0.1) is 0 Å². The quantitative estimate of drug-likeness (QED) is 0.265. The zero-order valence-electron chi connectivity index (χ0n) is 21.4. The third-order valence-corrected chi connectivity index (χ3v) is 6.01. The second-order valence-electron chi connectivity index (χ2n) is 8.78. The summed E-state index contributed by atoms with van der Waals surface area (Å²) in [6.07, 6.45) is 3.44. The predicted octanol–water partition coefficient (Wildman–Crippen LogP) is 4.78. The highest BCUT2D eigenvalue weighted by Gasteiger charge is 2.20. The smallest absolute Gasteiger partial charge is 0.183 e. The second-order valence-corrected chi connectivity index (χ2v) is 8.78. The zero-order chi connectivity index (χ0) is 27.4. The number of aliphatic hydroxyl groups is 1. The first-order valence-electron chi connectivity index (χ1n) is 12.2. The molecule has 0 bridgehead atoms. The maximum atomic E-state index is 14.9. The van der Waals surface area contributed by atoms with Gasteiger partial charge in [-0.2, -0.15) is 5.10 Å². The summed E-state index contributed by atoms with van der Waals surface area (Å²) in [5.41, 5.74) is 3.36. The number of rotatable bonds is 10. The number of fused-ring (bicyclic) bond motifs is 1. The molecule has 2 N–H and O–H groups in total. The summed E-state index contributed by atoms with van der Waals surface area (Å²) in [6.45, 7) is 1.69. The minimum absolute atomic E-state index is 0.00151. The molecule has 11 heteroatoms. The molecule has 0 unspecified atom stereocenters. The van der Waals surface area contributed by atoms with Gasteiger partial charge in [0.15, 0.2) is 5.82 Å². The number of pyridine rings is 1. The largest absolute Gasteiger partial charge is 0.491 e. The van der Waals surface area contributed by atoms with Gasteiger partial charge in [-0.25, -0.2) is 18.7 Å². The molecule has 9 nitrogen and oxygen atoms in total. The highest BCUT2D eigenvalue weighted by Crippen LogP contribution is 2.30. The van der Waals surface area contributed by atoms with Gasteiger partial charge in [0.05, 0.1) is 31.0 Å². The lowest BCUT2D eigenvalue weighted by atomic mass is 10.1. The van der Waals surface area contributed by atoms with Crippen LogP contribution in [0.15, 0.2) is 60.9 Å². The highest BCUT2D eigenvalue weighted by molar-refractivity contribution is 5.91. The maximum Gasteiger partial charge on any atom is 0.183 e. The van der Waals surface area contributed by atoms with Crippen molar-refractivity contribution in [3.8, 4) is 17.3 Å². The van der Waals surface area contributed by atoms with Gasteiger partial charge in [0.25, 0.3) is 0 Å². The van der Waals surface area contributed by atoms with Gasteiger partial charge < -0.3 is 19.9 Å². The molecule has 0 radical (unpaired) electrons. The SMILES string of the molecule is COCc1cc(Nc2ccncc2C)nc(-c2nn(Cc3c(F)cc(OCCO)cc3F)c3ccccc23)n1. The molecule has 0 atom stereocenters. The number of anilines is 2. The van der Waals surface area contributed by atoms with E-state index in [1.165, 1.54) is 4.68 Å². The van der Waals surface area contributed by atoms with Gasteiger partial charge in [0, 0.05) is 54.3 Å². The van der Waals surface area contributed by atoms with Crippen LogP contribution >= 0.6 is 0 Å². The molecule has 39 heavy (non-hydrogen) atoms. The molecule has 0 fully saturated rings. The lowest BCUT2D eigenvalue weighted by molar-refractivity contribution is 0.181. The lowest BCUT2D eigenvalue weighted by Crippen LogP contribution is -2.08. The lowest BCUT2D eigenvalue weighted by Gasteiger charge is -2.11. The van der Waals surface area contributed by atoms with Crippen molar-refractivity contribution >= 4 is 22.4 Å². The van der Waals surface area contributed by atoms with E-state index in [9.17, 15) is 8.78 Å². The van der Waals surface area contributed by atoms with Crippen LogP contribution in [0.4, 0.5) is 20.3 Å². The summed E-state index contributed by atoms with van der Waals surface area (Å²) < 4.78 is 41.8. The molecule has 0 amide bonds. The summed E-state index contributed by atoms with van der Waals surface area (Å²) in [6, 6.07) is 13.2. The third-order valence-electron chi connectivity index (χ3n) is 6.01. The second kappa shape index (κ2) is 11.5. The van der Waals surface area contributed by atoms with Crippen LogP contribution in [0.3, 0.4) is 0 Å². The van der Waals surface area contributed by atoms with E-state index in [1.807, 2.05) is 37.3 Å². The Morgan fingerprint density at radius 2 is 1.85 bits per heavy atom. The van der Waals surface area contributed by atoms with Gasteiger partial charge in [-0.05, 0) is 24.6 Å². The number of benzene rings is 2. The van der Waals surface area contributed by atoms with Crippen molar-refractivity contribution in [1.29, 1.82) is 0 Å². The van der Waals surface area contributed by atoms with Gasteiger partial charge in [0.2, 0.25) is 0 Å². The molecule has 5 rings (SSSR count).